The highest BCUT2D eigenvalue weighted by Crippen LogP contribution is 2.29. The summed E-state index contributed by atoms with van der Waals surface area (Å²) in [5, 5.41) is 6.35. The molecule has 0 bridgehead atoms. The predicted octanol–water partition coefficient (Wildman–Crippen LogP) is 4.91. The number of benzene rings is 2. The van der Waals surface area contributed by atoms with E-state index in [1.165, 1.54) is 42.0 Å². The van der Waals surface area contributed by atoms with Crippen LogP contribution in [0.1, 0.15) is 45.1 Å². The third-order valence-corrected chi connectivity index (χ3v) is 4.49. The minimum Gasteiger partial charge on any atom is -0.493 e. The summed E-state index contributed by atoms with van der Waals surface area (Å²) < 4.78 is 6.08. The molecule has 1 saturated carbocycles. The van der Waals surface area contributed by atoms with Gasteiger partial charge in [0.15, 0.2) is 0 Å². The van der Waals surface area contributed by atoms with Crippen LogP contribution in [0.25, 0.3) is 10.8 Å². The zero-order valence-corrected chi connectivity index (χ0v) is 13.8. The SMILES string of the molecule is CC(C)COc1ccc2ccccc2c1CNC1CCCC1. The van der Waals surface area contributed by atoms with Gasteiger partial charge in [-0.25, -0.2) is 0 Å². The molecule has 0 amide bonds. The maximum atomic E-state index is 6.08. The third-order valence-electron chi connectivity index (χ3n) is 4.49. The van der Waals surface area contributed by atoms with Gasteiger partial charge in [-0.1, -0.05) is 57.0 Å². The fourth-order valence-corrected chi connectivity index (χ4v) is 3.27. The van der Waals surface area contributed by atoms with Crippen LogP contribution in [0.3, 0.4) is 0 Å². The standard InChI is InChI=1S/C20H27NO/c1-15(2)14-22-20-12-11-16-7-3-6-10-18(16)19(20)13-21-17-8-4-5-9-17/h3,6-7,10-12,15,17,21H,4-5,8-9,13-14H2,1-2H3. The average Bonchev–Trinajstić information content (AvgIpc) is 3.04. The van der Waals surface area contributed by atoms with Crippen LogP contribution in [-0.2, 0) is 6.54 Å². The van der Waals surface area contributed by atoms with Crippen LogP contribution in [0.5, 0.6) is 5.75 Å². The molecule has 1 aliphatic rings. The molecule has 0 atom stereocenters. The summed E-state index contributed by atoms with van der Waals surface area (Å²) >= 11 is 0. The molecular formula is C20H27NO. The summed E-state index contributed by atoms with van der Waals surface area (Å²) in [4.78, 5) is 0. The number of hydrogen-bond donors (Lipinski definition) is 1. The van der Waals surface area contributed by atoms with Crippen LogP contribution in [-0.4, -0.2) is 12.6 Å². The molecule has 0 aromatic heterocycles. The number of nitrogens with one attached hydrogen (secondary N) is 1. The largest absolute Gasteiger partial charge is 0.493 e. The molecule has 2 aromatic rings. The fraction of sp³-hybridized carbons (Fsp3) is 0.500. The number of rotatable bonds is 6. The molecular weight excluding hydrogens is 270 g/mol. The first-order valence-corrected chi connectivity index (χ1v) is 8.61. The zero-order valence-electron chi connectivity index (χ0n) is 13.8. The summed E-state index contributed by atoms with van der Waals surface area (Å²) in [7, 11) is 0. The lowest BCUT2D eigenvalue weighted by atomic mass is 10.0. The van der Waals surface area contributed by atoms with Gasteiger partial charge in [0.25, 0.3) is 0 Å². The van der Waals surface area contributed by atoms with Gasteiger partial charge in [0.1, 0.15) is 5.75 Å². The van der Waals surface area contributed by atoms with Crippen LogP contribution in [0.15, 0.2) is 36.4 Å². The third kappa shape index (κ3) is 3.61. The lowest BCUT2D eigenvalue weighted by molar-refractivity contribution is 0.268. The number of hydrogen-bond acceptors (Lipinski definition) is 2. The van der Waals surface area contributed by atoms with E-state index < -0.39 is 0 Å². The van der Waals surface area contributed by atoms with Gasteiger partial charge in [-0.05, 0) is 35.6 Å². The number of ether oxygens (including phenoxy) is 1. The van der Waals surface area contributed by atoms with Crippen molar-refractivity contribution in [3.05, 3.63) is 42.0 Å². The molecule has 1 fully saturated rings. The van der Waals surface area contributed by atoms with E-state index in [2.05, 4.69) is 55.6 Å². The van der Waals surface area contributed by atoms with Crippen LogP contribution in [0.4, 0.5) is 0 Å². The normalized spacial score (nSPS) is 15.8. The van der Waals surface area contributed by atoms with E-state index in [9.17, 15) is 0 Å². The van der Waals surface area contributed by atoms with Gasteiger partial charge in [0.2, 0.25) is 0 Å². The maximum Gasteiger partial charge on any atom is 0.124 e. The van der Waals surface area contributed by atoms with Crippen molar-refractivity contribution >= 4 is 10.8 Å². The van der Waals surface area contributed by atoms with Crippen molar-refractivity contribution in [1.29, 1.82) is 0 Å². The molecule has 2 heteroatoms. The van der Waals surface area contributed by atoms with Gasteiger partial charge >= 0.3 is 0 Å². The Hall–Kier alpha value is -1.54. The molecule has 0 radical (unpaired) electrons. The number of fused-ring (bicyclic) bond motifs is 1. The molecule has 1 N–H and O–H groups in total. The second kappa shape index (κ2) is 7.15. The maximum absolute atomic E-state index is 6.08. The summed E-state index contributed by atoms with van der Waals surface area (Å²) in [6.07, 6.45) is 5.35. The van der Waals surface area contributed by atoms with Crippen molar-refractivity contribution in [1.82, 2.24) is 5.32 Å². The molecule has 2 aromatic carbocycles. The van der Waals surface area contributed by atoms with E-state index in [-0.39, 0.29) is 0 Å². The molecule has 0 unspecified atom stereocenters. The fourth-order valence-electron chi connectivity index (χ4n) is 3.27. The first-order chi connectivity index (χ1) is 10.7. The van der Waals surface area contributed by atoms with E-state index in [0.29, 0.717) is 12.0 Å². The average molecular weight is 297 g/mol. The van der Waals surface area contributed by atoms with Crippen LogP contribution < -0.4 is 10.1 Å². The smallest absolute Gasteiger partial charge is 0.124 e. The van der Waals surface area contributed by atoms with Gasteiger partial charge in [0.05, 0.1) is 6.61 Å². The molecule has 2 nitrogen and oxygen atoms in total. The van der Waals surface area contributed by atoms with Gasteiger partial charge in [-0.2, -0.15) is 0 Å². The van der Waals surface area contributed by atoms with Gasteiger partial charge < -0.3 is 10.1 Å². The van der Waals surface area contributed by atoms with Crippen molar-refractivity contribution in [2.75, 3.05) is 6.61 Å². The molecule has 0 spiro atoms. The molecule has 0 saturated heterocycles. The van der Waals surface area contributed by atoms with E-state index in [4.69, 9.17) is 4.74 Å². The highest BCUT2D eigenvalue weighted by molar-refractivity contribution is 5.87. The summed E-state index contributed by atoms with van der Waals surface area (Å²) in [6.45, 7) is 6.06. The first-order valence-electron chi connectivity index (χ1n) is 8.61. The molecule has 0 heterocycles. The summed E-state index contributed by atoms with van der Waals surface area (Å²) in [5.74, 6) is 1.58. The second-order valence-electron chi connectivity index (χ2n) is 6.83. The minimum atomic E-state index is 0.544. The Morgan fingerprint density at radius 3 is 2.64 bits per heavy atom. The van der Waals surface area contributed by atoms with Crippen molar-refractivity contribution in [2.24, 2.45) is 5.92 Å². The summed E-state index contributed by atoms with van der Waals surface area (Å²) in [6, 6.07) is 13.6. The van der Waals surface area contributed by atoms with Gasteiger partial charge in [-0.15, -0.1) is 0 Å². The van der Waals surface area contributed by atoms with Gasteiger partial charge in [0, 0.05) is 18.2 Å². The topological polar surface area (TPSA) is 21.3 Å². The van der Waals surface area contributed by atoms with E-state index in [1.807, 2.05) is 0 Å². The van der Waals surface area contributed by atoms with Crippen LogP contribution in [0.2, 0.25) is 0 Å². The Morgan fingerprint density at radius 1 is 1.09 bits per heavy atom. The summed E-state index contributed by atoms with van der Waals surface area (Å²) in [5.41, 5.74) is 1.31. The lowest BCUT2D eigenvalue weighted by Crippen LogP contribution is -2.25. The predicted molar refractivity (Wildman–Crippen MR) is 93.4 cm³/mol. The van der Waals surface area contributed by atoms with Crippen molar-refractivity contribution in [3.8, 4) is 5.75 Å². The van der Waals surface area contributed by atoms with Crippen molar-refractivity contribution in [2.45, 2.75) is 52.1 Å². The highest BCUT2D eigenvalue weighted by Gasteiger charge is 2.16. The lowest BCUT2D eigenvalue weighted by Gasteiger charge is -2.18. The Morgan fingerprint density at radius 2 is 1.86 bits per heavy atom. The van der Waals surface area contributed by atoms with Crippen molar-refractivity contribution < 1.29 is 4.74 Å². The quantitative estimate of drug-likeness (QED) is 0.818. The van der Waals surface area contributed by atoms with Crippen LogP contribution in [0, 0.1) is 5.92 Å². The molecule has 0 aliphatic heterocycles. The van der Waals surface area contributed by atoms with Crippen LogP contribution >= 0.6 is 0 Å². The minimum absolute atomic E-state index is 0.544. The van der Waals surface area contributed by atoms with Gasteiger partial charge in [-0.3, -0.25) is 0 Å². The zero-order chi connectivity index (χ0) is 15.4. The Kier molecular flexibility index (Phi) is 4.99. The molecule has 3 rings (SSSR count). The van der Waals surface area contributed by atoms with E-state index in [1.54, 1.807) is 0 Å². The Labute approximate surface area is 133 Å². The Bertz CT molecular complexity index is 614. The monoisotopic (exact) mass is 297 g/mol. The first kappa shape index (κ1) is 15.4. The van der Waals surface area contributed by atoms with E-state index >= 15 is 0 Å². The van der Waals surface area contributed by atoms with E-state index in [0.717, 1.165) is 18.9 Å². The molecule has 118 valence electrons. The molecule has 22 heavy (non-hydrogen) atoms. The Balaban J connectivity index is 1.85. The highest BCUT2D eigenvalue weighted by atomic mass is 16.5. The second-order valence-corrected chi connectivity index (χ2v) is 6.83. The molecule has 1 aliphatic carbocycles. The van der Waals surface area contributed by atoms with Crippen molar-refractivity contribution in [3.63, 3.8) is 0 Å².